The lowest BCUT2D eigenvalue weighted by atomic mass is 10.3. The summed E-state index contributed by atoms with van der Waals surface area (Å²) < 4.78 is 5.29. The van der Waals surface area contributed by atoms with Gasteiger partial charge >= 0.3 is 0 Å². The van der Waals surface area contributed by atoms with E-state index in [1.807, 2.05) is 4.90 Å². The Kier molecular flexibility index (Phi) is 3.38. The van der Waals surface area contributed by atoms with Gasteiger partial charge < -0.3 is 20.6 Å². The summed E-state index contributed by atoms with van der Waals surface area (Å²) in [6, 6.07) is 0. The number of anilines is 1. The Hall–Kier alpha value is -1.89. The molecule has 92 valence electrons. The van der Waals surface area contributed by atoms with E-state index in [9.17, 15) is 0 Å². The second-order valence-corrected chi connectivity index (χ2v) is 3.81. The minimum absolute atomic E-state index is 0.0334. The number of amidine groups is 1. The smallest absolute Gasteiger partial charge is 0.192 e. The van der Waals surface area contributed by atoms with E-state index in [0.717, 1.165) is 19.5 Å². The lowest BCUT2D eigenvalue weighted by Gasteiger charge is -2.18. The zero-order valence-electron chi connectivity index (χ0n) is 9.58. The van der Waals surface area contributed by atoms with E-state index in [1.54, 1.807) is 13.3 Å². The SMILES string of the molecule is COC1CCN(c2nccnc2C(N)=NO)C1. The summed E-state index contributed by atoms with van der Waals surface area (Å²) in [7, 11) is 1.69. The van der Waals surface area contributed by atoms with Crippen LogP contribution in [-0.2, 0) is 4.74 Å². The lowest BCUT2D eigenvalue weighted by molar-refractivity contribution is 0.121. The van der Waals surface area contributed by atoms with Crippen LogP contribution in [0.4, 0.5) is 5.82 Å². The summed E-state index contributed by atoms with van der Waals surface area (Å²) in [5.41, 5.74) is 5.96. The number of nitrogens with two attached hydrogens (primary N) is 1. The molecule has 1 saturated heterocycles. The van der Waals surface area contributed by atoms with Crippen molar-refractivity contribution in [2.75, 3.05) is 25.1 Å². The minimum Gasteiger partial charge on any atom is -0.409 e. The zero-order chi connectivity index (χ0) is 12.3. The first-order valence-electron chi connectivity index (χ1n) is 5.33. The molecule has 1 atom stereocenters. The van der Waals surface area contributed by atoms with Crippen LogP contribution in [0.25, 0.3) is 0 Å². The predicted molar refractivity (Wildman–Crippen MR) is 62.2 cm³/mol. The van der Waals surface area contributed by atoms with Crippen LogP contribution in [0.1, 0.15) is 12.1 Å². The summed E-state index contributed by atoms with van der Waals surface area (Å²) in [5, 5.41) is 11.7. The van der Waals surface area contributed by atoms with E-state index in [4.69, 9.17) is 15.7 Å². The number of oxime groups is 1. The summed E-state index contributed by atoms with van der Waals surface area (Å²) >= 11 is 0. The van der Waals surface area contributed by atoms with Gasteiger partial charge in [0.15, 0.2) is 17.3 Å². The second-order valence-electron chi connectivity index (χ2n) is 3.81. The van der Waals surface area contributed by atoms with E-state index in [1.165, 1.54) is 6.20 Å². The lowest BCUT2D eigenvalue weighted by Crippen LogP contribution is -2.27. The predicted octanol–water partition coefficient (Wildman–Crippen LogP) is -0.204. The van der Waals surface area contributed by atoms with Gasteiger partial charge in [-0.3, -0.25) is 0 Å². The molecule has 0 radical (unpaired) electrons. The van der Waals surface area contributed by atoms with Gasteiger partial charge in [0, 0.05) is 32.6 Å². The maximum Gasteiger partial charge on any atom is 0.192 e. The molecule has 17 heavy (non-hydrogen) atoms. The number of rotatable bonds is 3. The molecule has 2 heterocycles. The fourth-order valence-electron chi connectivity index (χ4n) is 1.90. The first-order chi connectivity index (χ1) is 8.26. The highest BCUT2D eigenvalue weighted by Crippen LogP contribution is 2.21. The molecule has 0 bridgehead atoms. The van der Waals surface area contributed by atoms with Crippen LogP contribution >= 0.6 is 0 Å². The molecule has 0 saturated carbocycles. The van der Waals surface area contributed by atoms with Crippen molar-refractivity contribution in [3.05, 3.63) is 18.1 Å². The highest BCUT2D eigenvalue weighted by molar-refractivity contribution is 5.99. The average Bonchev–Trinajstić information content (AvgIpc) is 2.86. The van der Waals surface area contributed by atoms with Crippen LogP contribution in [0, 0.1) is 0 Å². The summed E-state index contributed by atoms with van der Waals surface area (Å²) in [5.74, 6) is 0.594. The van der Waals surface area contributed by atoms with E-state index in [2.05, 4.69) is 15.1 Å². The molecule has 3 N–H and O–H groups in total. The van der Waals surface area contributed by atoms with E-state index in [-0.39, 0.29) is 11.9 Å². The number of hydrogen-bond donors (Lipinski definition) is 2. The van der Waals surface area contributed by atoms with E-state index < -0.39 is 0 Å². The zero-order valence-corrected chi connectivity index (χ0v) is 9.58. The van der Waals surface area contributed by atoms with Gasteiger partial charge in [-0.15, -0.1) is 0 Å². The number of aromatic nitrogens is 2. The van der Waals surface area contributed by atoms with Crippen LogP contribution in [0.2, 0.25) is 0 Å². The maximum atomic E-state index is 8.71. The van der Waals surface area contributed by atoms with E-state index >= 15 is 0 Å². The molecule has 1 aromatic rings. The van der Waals surface area contributed by atoms with Crippen LogP contribution in [0.15, 0.2) is 17.5 Å². The number of ether oxygens (including phenoxy) is 1. The van der Waals surface area contributed by atoms with Gasteiger partial charge in [0.25, 0.3) is 0 Å². The Labute approximate surface area is 98.9 Å². The largest absolute Gasteiger partial charge is 0.409 e. The summed E-state index contributed by atoms with van der Waals surface area (Å²) in [6.45, 7) is 1.56. The molecular weight excluding hydrogens is 222 g/mol. The van der Waals surface area contributed by atoms with Crippen LogP contribution < -0.4 is 10.6 Å². The molecule has 1 fully saturated rings. The Morgan fingerprint density at radius 3 is 3.00 bits per heavy atom. The van der Waals surface area contributed by atoms with Crippen LogP contribution in [0.5, 0.6) is 0 Å². The van der Waals surface area contributed by atoms with Crippen molar-refractivity contribution < 1.29 is 9.94 Å². The van der Waals surface area contributed by atoms with Crippen molar-refractivity contribution in [2.45, 2.75) is 12.5 Å². The van der Waals surface area contributed by atoms with Crippen molar-refractivity contribution >= 4 is 11.7 Å². The van der Waals surface area contributed by atoms with Gasteiger partial charge in [0.2, 0.25) is 0 Å². The second kappa shape index (κ2) is 4.96. The number of methoxy groups -OCH3 is 1. The van der Waals surface area contributed by atoms with Crippen molar-refractivity contribution in [1.82, 2.24) is 9.97 Å². The van der Waals surface area contributed by atoms with Gasteiger partial charge in [0.1, 0.15) is 0 Å². The highest BCUT2D eigenvalue weighted by atomic mass is 16.5. The van der Waals surface area contributed by atoms with Gasteiger partial charge in [-0.05, 0) is 6.42 Å². The summed E-state index contributed by atoms with van der Waals surface area (Å²) in [6.07, 6.45) is 4.23. The summed E-state index contributed by atoms with van der Waals surface area (Å²) in [4.78, 5) is 10.3. The fourth-order valence-corrected chi connectivity index (χ4v) is 1.90. The highest BCUT2D eigenvalue weighted by Gasteiger charge is 2.26. The standard InChI is InChI=1S/C10H15N5O2/c1-17-7-2-5-15(6-7)10-8(9(11)14-16)12-3-4-13-10/h3-4,7,16H,2,5-6H2,1H3,(H2,11,14). The van der Waals surface area contributed by atoms with Crippen molar-refractivity contribution in [3.63, 3.8) is 0 Å². The first kappa shape index (κ1) is 11.6. The Morgan fingerprint density at radius 2 is 2.35 bits per heavy atom. The molecule has 1 unspecified atom stereocenters. The topological polar surface area (TPSA) is 96.9 Å². The van der Waals surface area contributed by atoms with Gasteiger partial charge in [-0.2, -0.15) is 0 Å². The Morgan fingerprint density at radius 1 is 1.59 bits per heavy atom. The average molecular weight is 237 g/mol. The molecule has 7 heteroatoms. The molecular formula is C10H15N5O2. The van der Waals surface area contributed by atoms with E-state index in [0.29, 0.717) is 11.5 Å². The first-order valence-corrected chi connectivity index (χ1v) is 5.33. The normalized spacial score (nSPS) is 20.9. The number of nitrogens with zero attached hydrogens (tertiary/aromatic N) is 4. The Bertz CT molecular complexity index is 423. The van der Waals surface area contributed by atoms with Crippen molar-refractivity contribution in [1.29, 1.82) is 0 Å². The molecule has 1 aliphatic rings. The molecule has 0 aromatic carbocycles. The Balaban J connectivity index is 2.27. The van der Waals surface area contributed by atoms with Crippen LogP contribution in [-0.4, -0.2) is 47.3 Å². The van der Waals surface area contributed by atoms with Gasteiger partial charge in [-0.25, -0.2) is 9.97 Å². The molecule has 2 rings (SSSR count). The maximum absolute atomic E-state index is 8.71. The van der Waals surface area contributed by atoms with Gasteiger partial charge in [-0.1, -0.05) is 5.16 Å². The molecule has 1 aliphatic heterocycles. The third-order valence-electron chi connectivity index (χ3n) is 2.81. The molecule has 1 aromatic heterocycles. The molecule has 0 spiro atoms. The van der Waals surface area contributed by atoms with Crippen molar-refractivity contribution in [2.24, 2.45) is 10.9 Å². The van der Waals surface area contributed by atoms with Crippen molar-refractivity contribution in [3.8, 4) is 0 Å². The third kappa shape index (κ3) is 2.28. The third-order valence-corrected chi connectivity index (χ3v) is 2.81. The monoisotopic (exact) mass is 237 g/mol. The quantitative estimate of drug-likeness (QED) is 0.327. The number of hydrogen-bond acceptors (Lipinski definition) is 6. The fraction of sp³-hybridized carbons (Fsp3) is 0.500. The molecule has 0 aliphatic carbocycles. The van der Waals surface area contributed by atoms with Crippen LogP contribution in [0.3, 0.4) is 0 Å². The molecule has 7 nitrogen and oxygen atoms in total. The van der Waals surface area contributed by atoms with Gasteiger partial charge in [0.05, 0.1) is 6.10 Å². The molecule has 0 amide bonds. The minimum atomic E-state index is -0.0334.